The first-order valence-electron chi connectivity index (χ1n) is 4.65. The van der Waals surface area contributed by atoms with Crippen LogP contribution in [0.1, 0.15) is 19.8 Å². The average Bonchev–Trinajstić information content (AvgIpc) is 2.12. The molecule has 5 heteroatoms. The number of rotatable bonds is 8. The van der Waals surface area contributed by atoms with Crippen LogP contribution < -0.4 is 5.73 Å². The summed E-state index contributed by atoms with van der Waals surface area (Å²) in [4.78, 5) is 10.4. The van der Waals surface area contributed by atoms with Gasteiger partial charge in [-0.15, -0.1) is 0 Å². The molecule has 0 heterocycles. The molecule has 3 N–H and O–H groups in total. The van der Waals surface area contributed by atoms with E-state index in [-0.39, 0.29) is 18.3 Å². The van der Waals surface area contributed by atoms with Crippen molar-refractivity contribution in [3.63, 3.8) is 0 Å². The highest BCUT2D eigenvalue weighted by Crippen LogP contribution is 2.15. The van der Waals surface area contributed by atoms with Crippen LogP contribution in [-0.4, -0.2) is 31.1 Å². The summed E-state index contributed by atoms with van der Waals surface area (Å²) in [5.41, 5.74) is 5.42. The molecule has 0 aromatic carbocycles. The number of carboxylic acids is 1. The van der Waals surface area contributed by atoms with Crippen LogP contribution in [0.4, 0.5) is 4.39 Å². The summed E-state index contributed by atoms with van der Waals surface area (Å²) in [5, 5.41) is 8.56. The van der Waals surface area contributed by atoms with E-state index in [1.807, 2.05) is 6.92 Å². The summed E-state index contributed by atoms with van der Waals surface area (Å²) >= 11 is 0. The van der Waals surface area contributed by atoms with Crippen molar-refractivity contribution in [3.8, 4) is 0 Å². The lowest BCUT2D eigenvalue weighted by Crippen LogP contribution is -2.22. The van der Waals surface area contributed by atoms with Crippen molar-refractivity contribution in [1.82, 2.24) is 0 Å². The fourth-order valence-electron chi connectivity index (χ4n) is 1.39. The first kappa shape index (κ1) is 13.3. The Hall–Kier alpha value is -0.680. The molecule has 0 bridgehead atoms. The number of alkyl halides is 1. The van der Waals surface area contributed by atoms with Gasteiger partial charge in [-0.05, 0) is 24.8 Å². The van der Waals surface area contributed by atoms with E-state index >= 15 is 0 Å². The van der Waals surface area contributed by atoms with Crippen molar-refractivity contribution in [2.45, 2.75) is 19.8 Å². The zero-order chi connectivity index (χ0) is 11.0. The first-order chi connectivity index (χ1) is 6.60. The molecule has 0 radical (unpaired) electrons. The van der Waals surface area contributed by atoms with Gasteiger partial charge in [-0.1, -0.05) is 6.92 Å². The lowest BCUT2D eigenvalue weighted by molar-refractivity contribution is -0.138. The zero-order valence-electron chi connectivity index (χ0n) is 8.41. The van der Waals surface area contributed by atoms with Crippen LogP contribution in [0.2, 0.25) is 0 Å². The average molecular weight is 207 g/mol. The predicted molar refractivity (Wildman–Crippen MR) is 50.5 cm³/mol. The number of hydrogen-bond donors (Lipinski definition) is 2. The van der Waals surface area contributed by atoms with Crippen LogP contribution in [0.15, 0.2) is 0 Å². The highest BCUT2D eigenvalue weighted by Gasteiger charge is 2.15. The fraction of sp³-hybridized carbons (Fsp3) is 0.889. The minimum Gasteiger partial charge on any atom is -0.481 e. The maximum Gasteiger partial charge on any atom is 0.303 e. The van der Waals surface area contributed by atoms with Gasteiger partial charge in [-0.3, -0.25) is 4.79 Å². The summed E-state index contributed by atoms with van der Waals surface area (Å²) in [5.74, 6) is -0.761. The van der Waals surface area contributed by atoms with Gasteiger partial charge in [0.25, 0.3) is 0 Å². The molecule has 0 aliphatic carbocycles. The number of carboxylic acid groups (broad SMARTS) is 1. The molecule has 0 saturated heterocycles. The Morgan fingerprint density at radius 1 is 1.64 bits per heavy atom. The third kappa shape index (κ3) is 6.80. The summed E-state index contributed by atoms with van der Waals surface area (Å²) < 4.78 is 16.2. The minimum atomic E-state index is -0.848. The summed E-state index contributed by atoms with van der Waals surface area (Å²) in [6.45, 7) is 1.75. The van der Waals surface area contributed by atoms with E-state index in [0.717, 1.165) is 0 Å². The molecule has 0 aromatic heterocycles. The van der Waals surface area contributed by atoms with E-state index in [1.165, 1.54) is 0 Å². The number of halogens is 1. The van der Waals surface area contributed by atoms with Crippen LogP contribution in [0.25, 0.3) is 0 Å². The molecule has 0 aliphatic heterocycles. The first-order valence-corrected chi connectivity index (χ1v) is 4.65. The Labute approximate surface area is 83.2 Å². The number of aliphatic carboxylic acids is 1. The Morgan fingerprint density at radius 2 is 2.29 bits per heavy atom. The molecule has 0 rings (SSSR count). The lowest BCUT2D eigenvalue weighted by atomic mass is 9.94. The predicted octanol–water partition coefficient (Wildman–Crippen LogP) is 1.01. The van der Waals surface area contributed by atoms with E-state index in [9.17, 15) is 9.18 Å². The highest BCUT2D eigenvalue weighted by atomic mass is 19.1. The van der Waals surface area contributed by atoms with E-state index in [1.54, 1.807) is 0 Å². The van der Waals surface area contributed by atoms with Crippen LogP contribution in [0.3, 0.4) is 0 Å². The second-order valence-electron chi connectivity index (χ2n) is 3.52. The van der Waals surface area contributed by atoms with Crippen LogP contribution in [0.5, 0.6) is 0 Å². The number of carbonyl (C=O) groups is 1. The highest BCUT2D eigenvalue weighted by molar-refractivity contribution is 5.67. The van der Waals surface area contributed by atoms with Gasteiger partial charge in [0.05, 0.1) is 6.61 Å². The molecule has 4 nitrogen and oxygen atoms in total. The molecule has 0 unspecified atom stereocenters. The van der Waals surface area contributed by atoms with Gasteiger partial charge in [0.15, 0.2) is 6.86 Å². The molecule has 0 fully saturated rings. The molecule has 0 saturated carbocycles. The Morgan fingerprint density at radius 3 is 2.71 bits per heavy atom. The summed E-state index contributed by atoms with van der Waals surface area (Å²) in [6, 6.07) is 0. The van der Waals surface area contributed by atoms with Gasteiger partial charge in [0, 0.05) is 6.42 Å². The van der Waals surface area contributed by atoms with E-state index in [4.69, 9.17) is 10.8 Å². The van der Waals surface area contributed by atoms with Gasteiger partial charge in [0.2, 0.25) is 0 Å². The normalized spacial score (nSPS) is 15.1. The monoisotopic (exact) mass is 207 g/mol. The third-order valence-corrected chi connectivity index (χ3v) is 2.01. The maximum atomic E-state index is 11.6. The molecular weight excluding hydrogens is 189 g/mol. The van der Waals surface area contributed by atoms with Gasteiger partial charge >= 0.3 is 5.97 Å². The second kappa shape index (κ2) is 7.70. The Balaban J connectivity index is 3.73. The smallest absolute Gasteiger partial charge is 0.303 e. The second-order valence-corrected chi connectivity index (χ2v) is 3.52. The molecule has 84 valence electrons. The van der Waals surface area contributed by atoms with Crippen LogP contribution in [-0.2, 0) is 9.53 Å². The largest absolute Gasteiger partial charge is 0.481 e. The number of nitrogens with two attached hydrogens (primary N) is 1. The molecule has 2 atom stereocenters. The minimum absolute atomic E-state index is 0.0503. The van der Waals surface area contributed by atoms with E-state index in [0.29, 0.717) is 19.6 Å². The zero-order valence-corrected chi connectivity index (χ0v) is 8.41. The maximum absolute atomic E-state index is 11.6. The van der Waals surface area contributed by atoms with Crippen molar-refractivity contribution < 1.29 is 19.0 Å². The molecule has 14 heavy (non-hydrogen) atoms. The van der Waals surface area contributed by atoms with Crippen LogP contribution >= 0.6 is 0 Å². The van der Waals surface area contributed by atoms with Crippen molar-refractivity contribution >= 4 is 5.97 Å². The van der Waals surface area contributed by atoms with Crippen molar-refractivity contribution in [2.75, 3.05) is 20.0 Å². The van der Waals surface area contributed by atoms with Crippen molar-refractivity contribution in [1.29, 1.82) is 0 Å². The Bertz CT molecular complexity index is 166. The topological polar surface area (TPSA) is 72.5 Å². The number of ether oxygens (including phenoxy) is 1. The van der Waals surface area contributed by atoms with Gasteiger partial charge < -0.3 is 15.6 Å². The lowest BCUT2D eigenvalue weighted by Gasteiger charge is -2.17. The Kier molecular flexibility index (Phi) is 7.32. The van der Waals surface area contributed by atoms with Gasteiger partial charge in [-0.2, -0.15) is 0 Å². The number of hydrogen-bond acceptors (Lipinski definition) is 3. The quantitative estimate of drug-likeness (QED) is 0.623. The standard InChI is InChI=1S/C9H18FNO3/c1-7(5-14-6-10)2-8(4-11)3-9(12)13/h7-8H,2-6,11H2,1H3,(H,12,13)/t7-,8-/m0/s1. The summed E-state index contributed by atoms with van der Waals surface area (Å²) in [7, 11) is 0. The molecule has 0 aromatic rings. The third-order valence-electron chi connectivity index (χ3n) is 2.01. The SMILES string of the molecule is C[C@H](COCF)C[C@H](CN)CC(=O)O. The van der Waals surface area contributed by atoms with E-state index < -0.39 is 12.8 Å². The van der Waals surface area contributed by atoms with Crippen molar-refractivity contribution in [3.05, 3.63) is 0 Å². The molecule has 0 spiro atoms. The van der Waals surface area contributed by atoms with Crippen LogP contribution in [0, 0.1) is 11.8 Å². The fourth-order valence-corrected chi connectivity index (χ4v) is 1.39. The van der Waals surface area contributed by atoms with Crippen molar-refractivity contribution in [2.24, 2.45) is 17.6 Å². The van der Waals surface area contributed by atoms with Gasteiger partial charge in [-0.25, -0.2) is 4.39 Å². The molecular formula is C9H18FNO3. The molecule has 0 aliphatic rings. The molecule has 0 amide bonds. The van der Waals surface area contributed by atoms with Gasteiger partial charge in [0.1, 0.15) is 0 Å². The van der Waals surface area contributed by atoms with E-state index in [2.05, 4.69) is 4.74 Å². The summed E-state index contributed by atoms with van der Waals surface area (Å²) in [6.07, 6.45) is 0.721.